The van der Waals surface area contributed by atoms with E-state index in [2.05, 4.69) is 54.3 Å². The second kappa shape index (κ2) is 4.68. The van der Waals surface area contributed by atoms with Crippen molar-refractivity contribution in [2.24, 2.45) is 0 Å². The van der Waals surface area contributed by atoms with Gasteiger partial charge < -0.3 is 0 Å². The zero-order valence-electron chi connectivity index (χ0n) is 11.2. The van der Waals surface area contributed by atoms with Gasteiger partial charge >= 0.3 is 0 Å². The predicted octanol–water partition coefficient (Wildman–Crippen LogP) is 5.39. The predicted molar refractivity (Wildman–Crippen MR) is 86.3 cm³/mol. The minimum Gasteiger partial charge on any atom is -0.150 e. The number of benzene rings is 1. The minimum absolute atomic E-state index is 0.830. The molecule has 19 heavy (non-hydrogen) atoms. The Morgan fingerprint density at radius 1 is 1.00 bits per heavy atom. The summed E-state index contributed by atoms with van der Waals surface area (Å²) in [7, 11) is 0. The highest BCUT2D eigenvalue weighted by Crippen LogP contribution is 2.54. The van der Waals surface area contributed by atoms with Crippen molar-refractivity contribution in [3.05, 3.63) is 45.8 Å². The zero-order valence-corrected chi connectivity index (χ0v) is 12.9. The Hall–Kier alpha value is -0.730. The van der Waals surface area contributed by atoms with Crippen LogP contribution in [0.15, 0.2) is 24.3 Å². The molecule has 1 fully saturated rings. The maximum Gasteiger partial charge on any atom is 0.0485 e. The average Bonchev–Trinajstić information content (AvgIpc) is 3.21. The van der Waals surface area contributed by atoms with E-state index >= 15 is 0 Å². The van der Waals surface area contributed by atoms with Gasteiger partial charge in [-0.15, -0.1) is 11.3 Å². The molecular weight excluding hydrogens is 268 g/mol. The molecule has 4 rings (SSSR count). The van der Waals surface area contributed by atoms with Gasteiger partial charge in [0.15, 0.2) is 0 Å². The maximum absolute atomic E-state index is 2.31. The van der Waals surface area contributed by atoms with Crippen molar-refractivity contribution in [1.82, 2.24) is 0 Å². The lowest BCUT2D eigenvalue weighted by Gasteiger charge is -2.14. The molecule has 2 aliphatic rings. The van der Waals surface area contributed by atoms with E-state index in [1.807, 2.05) is 0 Å². The van der Waals surface area contributed by atoms with Gasteiger partial charge in [-0.1, -0.05) is 29.8 Å². The first-order chi connectivity index (χ1) is 9.33. The summed E-state index contributed by atoms with van der Waals surface area (Å²) in [4.78, 5) is 3.27. The Balaban J connectivity index is 1.85. The smallest absolute Gasteiger partial charge is 0.0485 e. The van der Waals surface area contributed by atoms with Crippen LogP contribution < -0.4 is 0 Å². The number of thioether (sulfide) groups is 1. The molecule has 2 heteroatoms. The first-order valence-corrected chi connectivity index (χ1v) is 9.02. The van der Waals surface area contributed by atoms with Crippen molar-refractivity contribution >= 4 is 23.1 Å². The minimum atomic E-state index is 0.830. The summed E-state index contributed by atoms with van der Waals surface area (Å²) in [5, 5.41) is 0.830. The second-order valence-electron chi connectivity index (χ2n) is 5.65. The fraction of sp³-hybridized carbons (Fsp3) is 0.412. The summed E-state index contributed by atoms with van der Waals surface area (Å²) in [5.41, 5.74) is 6.20. The molecule has 2 aromatic rings. The van der Waals surface area contributed by atoms with Gasteiger partial charge in [-0.3, -0.25) is 0 Å². The van der Waals surface area contributed by atoms with Crippen molar-refractivity contribution in [2.45, 2.75) is 37.9 Å². The van der Waals surface area contributed by atoms with E-state index in [1.54, 1.807) is 20.9 Å². The van der Waals surface area contributed by atoms with Crippen LogP contribution in [0.5, 0.6) is 0 Å². The molecule has 0 spiro atoms. The zero-order chi connectivity index (χ0) is 12.8. The lowest BCUT2D eigenvalue weighted by molar-refractivity contribution is 0.687. The number of hydrogen-bond acceptors (Lipinski definition) is 2. The van der Waals surface area contributed by atoms with Crippen molar-refractivity contribution < 1.29 is 0 Å². The third-order valence-electron chi connectivity index (χ3n) is 4.19. The summed E-state index contributed by atoms with van der Waals surface area (Å²) in [6.07, 6.45) is 5.39. The van der Waals surface area contributed by atoms with Gasteiger partial charge in [0.25, 0.3) is 0 Å². The van der Waals surface area contributed by atoms with Crippen LogP contribution in [0.3, 0.4) is 0 Å². The van der Waals surface area contributed by atoms with E-state index in [1.165, 1.54) is 42.6 Å². The molecule has 1 aliphatic carbocycles. The molecule has 2 heterocycles. The van der Waals surface area contributed by atoms with E-state index in [9.17, 15) is 0 Å². The van der Waals surface area contributed by atoms with Crippen LogP contribution in [0.25, 0.3) is 10.4 Å². The topological polar surface area (TPSA) is 0 Å². The summed E-state index contributed by atoms with van der Waals surface area (Å²) in [6.45, 7) is 2.17. The molecule has 0 amide bonds. The number of aryl methyl sites for hydroxylation is 1. The number of thiophene rings is 1. The van der Waals surface area contributed by atoms with E-state index in [0.717, 1.165) is 5.25 Å². The highest BCUT2D eigenvalue weighted by molar-refractivity contribution is 8.06. The summed E-state index contributed by atoms with van der Waals surface area (Å²) >= 11 is 4.20. The first-order valence-electron chi connectivity index (χ1n) is 7.16. The lowest BCUT2D eigenvalue weighted by Crippen LogP contribution is -2.02. The summed E-state index contributed by atoms with van der Waals surface area (Å²) in [6, 6.07) is 9.10. The van der Waals surface area contributed by atoms with Crippen LogP contribution in [-0.4, -0.2) is 5.75 Å². The van der Waals surface area contributed by atoms with Gasteiger partial charge in [0, 0.05) is 20.8 Å². The third kappa shape index (κ3) is 2.15. The molecule has 1 unspecified atom stereocenters. The van der Waals surface area contributed by atoms with Crippen LogP contribution in [0.1, 0.15) is 39.7 Å². The highest BCUT2D eigenvalue weighted by atomic mass is 32.2. The van der Waals surface area contributed by atoms with Gasteiger partial charge in [-0.05, 0) is 49.3 Å². The second-order valence-corrected chi connectivity index (χ2v) is 7.94. The Bertz CT molecular complexity index is 603. The fourth-order valence-electron chi connectivity index (χ4n) is 3.06. The SMILES string of the molecule is Cc1ccc(-c2sc(C3CS3)c3c2CCCC3)cc1. The number of rotatable bonds is 2. The lowest BCUT2D eigenvalue weighted by atomic mass is 9.90. The van der Waals surface area contributed by atoms with E-state index in [4.69, 9.17) is 0 Å². The summed E-state index contributed by atoms with van der Waals surface area (Å²) in [5.74, 6) is 1.35. The van der Waals surface area contributed by atoms with Crippen molar-refractivity contribution in [1.29, 1.82) is 0 Å². The van der Waals surface area contributed by atoms with Crippen molar-refractivity contribution in [3.8, 4) is 10.4 Å². The molecule has 1 saturated heterocycles. The molecule has 1 aliphatic heterocycles. The molecule has 98 valence electrons. The normalized spacial score (nSPS) is 21.2. The number of hydrogen-bond donors (Lipinski definition) is 0. The number of fused-ring (bicyclic) bond motifs is 1. The molecule has 0 N–H and O–H groups in total. The Labute approximate surface area is 123 Å². The largest absolute Gasteiger partial charge is 0.150 e. The van der Waals surface area contributed by atoms with Crippen LogP contribution in [-0.2, 0) is 12.8 Å². The maximum atomic E-state index is 2.31. The molecule has 1 aromatic heterocycles. The quantitative estimate of drug-likeness (QED) is 0.667. The van der Waals surface area contributed by atoms with Crippen LogP contribution in [0.2, 0.25) is 0 Å². The van der Waals surface area contributed by atoms with Gasteiger partial charge in [-0.2, -0.15) is 11.8 Å². The molecule has 1 aromatic carbocycles. The Morgan fingerprint density at radius 3 is 2.37 bits per heavy atom. The molecule has 1 atom stereocenters. The molecule has 0 nitrogen and oxygen atoms in total. The Morgan fingerprint density at radius 2 is 1.68 bits per heavy atom. The Kier molecular flexibility index (Phi) is 2.96. The van der Waals surface area contributed by atoms with Gasteiger partial charge in [0.1, 0.15) is 0 Å². The van der Waals surface area contributed by atoms with E-state index in [-0.39, 0.29) is 0 Å². The van der Waals surface area contributed by atoms with Crippen molar-refractivity contribution in [3.63, 3.8) is 0 Å². The molecule has 0 radical (unpaired) electrons. The van der Waals surface area contributed by atoms with Gasteiger partial charge in [0.05, 0.1) is 0 Å². The van der Waals surface area contributed by atoms with Crippen LogP contribution >= 0.6 is 23.1 Å². The standard InChI is InChI=1S/C17H18S2/c1-11-6-8-12(9-7-11)16-13-4-2-3-5-14(13)17(19-16)15-10-18-15/h6-9,15H,2-5,10H2,1H3. The first kappa shape index (κ1) is 12.0. The van der Waals surface area contributed by atoms with E-state index < -0.39 is 0 Å². The third-order valence-corrected chi connectivity index (χ3v) is 6.68. The molecule has 0 bridgehead atoms. The monoisotopic (exact) mass is 286 g/mol. The highest BCUT2D eigenvalue weighted by Gasteiger charge is 2.32. The van der Waals surface area contributed by atoms with Crippen LogP contribution in [0, 0.1) is 6.92 Å². The average molecular weight is 286 g/mol. The van der Waals surface area contributed by atoms with Crippen molar-refractivity contribution in [2.75, 3.05) is 5.75 Å². The molecule has 0 saturated carbocycles. The molecular formula is C17H18S2. The summed E-state index contributed by atoms with van der Waals surface area (Å²) < 4.78 is 0. The van der Waals surface area contributed by atoms with E-state index in [0.29, 0.717) is 0 Å². The fourth-order valence-corrected chi connectivity index (χ4v) is 5.45. The van der Waals surface area contributed by atoms with Crippen LogP contribution in [0.4, 0.5) is 0 Å². The van der Waals surface area contributed by atoms with Gasteiger partial charge in [-0.25, -0.2) is 0 Å². The van der Waals surface area contributed by atoms with Gasteiger partial charge in [0.2, 0.25) is 0 Å².